The highest BCUT2D eigenvalue weighted by Gasteiger charge is 2.20. The van der Waals surface area contributed by atoms with E-state index in [9.17, 15) is 0 Å². The molecule has 7 aromatic carbocycles. The smallest absolute Gasteiger partial charge is 0.142 e. The summed E-state index contributed by atoms with van der Waals surface area (Å²) in [5, 5.41) is 11.0. The summed E-state index contributed by atoms with van der Waals surface area (Å²) in [6.07, 6.45) is 1.95. The zero-order valence-corrected chi connectivity index (χ0v) is 20.1. The zero-order chi connectivity index (χ0) is 24.3. The summed E-state index contributed by atoms with van der Waals surface area (Å²) in [5.74, 6) is 0. The standard InChI is InChI=1S/C36H22O/c1-3-13-25-23(10-1)12-9-19-27(25)34-28-15-5-7-17-30(28)35(31-18-8-6-16-29(31)34)33-22-37-36-26-14-4-2-11-24(26)20-21-32(33)36/h1-22H. The third kappa shape index (κ3) is 2.92. The third-order valence-electron chi connectivity index (χ3n) is 7.72. The molecule has 1 nitrogen and oxygen atoms in total. The fourth-order valence-electron chi connectivity index (χ4n) is 6.11. The van der Waals surface area contributed by atoms with Crippen LogP contribution in [0.2, 0.25) is 0 Å². The largest absolute Gasteiger partial charge is 0.463 e. The van der Waals surface area contributed by atoms with Gasteiger partial charge in [-0.05, 0) is 54.9 Å². The average molecular weight is 471 g/mol. The topological polar surface area (TPSA) is 13.1 Å². The predicted octanol–water partition coefficient (Wildman–Crippen LogP) is 10.4. The lowest BCUT2D eigenvalue weighted by molar-refractivity contribution is 0.620. The Balaban J connectivity index is 1.54. The monoisotopic (exact) mass is 470 g/mol. The van der Waals surface area contributed by atoms with Gasteiger partial charge in [-0.1, -0.05) is 121 Å². The van der Waals surface area contributed by atoms with Crippen LogP contribution in [0.25, 0.3) is 76.3 Å². The molecule has 1 heteroatoms. The van der Waals surface area contributed by atoms with Crippen molar-refractivity contribution in [2.24, 2.45) is 0 Å². The van der Waals surface area contributed by atoms with Crippen LogP contribution >= 0.6 is 0 Å². The van der Waals surface area contributed by atoms with Gasteiger partial charge in [-0.25, -0.2) is 0 Å². The predicted molar refractivity (Wildman–Crippen MR) is 157 cm³/mol. The van der Waals surface area contributed by atoms with Gasteiger partial charge in [-0.3, -0.25) is 0 Å². The molecule has 0 N–H and O–H groups in total. The molecule has 0 aliphatic heterocycles. The Morgan fingerprint density at radius 2 is 0.811 bits per heavy atom. The molecule has 37 heavy (non-hydrogen) atoms. The molecule has 0 saturated carbocycles. The van der Waals surface area contributed by atoms with Crippen LogP contribution in [0.5, 0.6) is 0 Å². The highest BCUT2D eigenvalue weighted by atomic mass is 16.3. The minimum Gasteiger partial charge on any atom is -0.463 e. The summed E-state index contributed by atoms with van der Waals surface area (Å²) in [6, 6.07) is 45.8. The van der Waals surface area contributed by atoms with Gasteiger partial charge in [0.15, 0.2) is 0 Å². The summed E-state index contributed by atoms with van der Waals surface area (Å²) in [5.41, 5.74) is 5.85. The molecule has 0 bridgehead atoms. The number of furan rings is 1. The van der Waals surface area contributed by atoms with Crippen LogP contribution in [0.15, 0.2) is 138 Å². The second kappa shape index (κ2) is 7.81. The molecule has 0 radical (unpaired) electrons. The summed E-state index contributed by atoms with van der Waals surface area (Å²) >= 11 is 0. The maximum Gasteiger partial charge on any atom is 0.142 e. The molecule has 8 rings (SSSR count). The van der Waals surface area contributed by atoms with Crippen molar-refractivity contribution < 1.29 is 4.42 Å². The Morgan fingerprint density at radius 3 is 1.46 bits per heavy atom. The van der Waals surface area contributed by atoms with Crippen LogP contribution in [0, 0.1) is 0 Å². The van der Waals surface area contributed by atoms with E-state index in [-0.39, 0.29) is 0 Å². The molecule has 8 aromatic rings. The number of hydrogen-bond donors (Lipinski definition) is 0. The van der Waals surface area contributed by atoms with Gasteiger partial charge in [-0.2, -0.15) is 0 Å². The van der Waals surface area contributed by atoms with Crippen molar-refractivity contribution >= 4 is 54.1 Å². The van der Waals surface area contributed by atoms with Crippen molar-refractivity contribution in [3.8, 4) is 22.3 Å². The number of hydrogen-bond acceptors (Lipinski definition) is 1. The Morgan fingerprint density at radius 1 is 0.324 bits per heavy atom. The lowest BCUT2D eigenvalue weighted by atomic mass is 9.84. The molecule has 1 aromatic heterocycles. The minimum atomic E-state index is 0.944. The summed E-state index contributed by atoms with van der Waals surface area (Å²) in [6.45, 7) is 0. The molecule has 172 valence electrons. The average Bonchev–Trinajstić information content (AvgIpc) is 3.40. The van der Waals surface area contributed by atoms with E-state index < -0.39 is 0 Å². The Kier molecular flexibility index (Phi) is 4.29. The minimum absolute atomic E-state index is 0.944. The van der Waals surface area contributed by atoms with Crippen LogP contribution in [-0.2, 0) is 0 Å². The molecule has 0 aliphatic rings. The number of benzene rings is 7. The van der Waals surface area contributed by atoms with Crippen molar-refractivity contribution in [1.29, 1.82) is 0 Å². The molecule has 0 saturated heterocycles. The van der Waals surface area contributed by atoms with Crippen LogP contribution < -0.4 is 0 Å². The SMILES string of the molecule is c1ccc2c(-c3c4ccccc4c(-c4coc5c4ccc4ccccc45)c4ccccc34)cccc2c1. The van der Waals surface area contributed by atoms with E-state index in [1.165, 1.54) is 54.4 Å². The maximum absolute atomic E-state index is 6.29. The molecule has 0 aliphatic carbocycles. The van der Waals surface area contributed by atoms with Gasteiger partial charge in [0.1, 0.15) is 5.58 Å². The lowest BCUT2D eigenvalue weighted by Gasteiger charge is -2.18. The first kappa shape index (κ1) is 20.3. The molecular formula is C36H22O. The molecule has 0 unspecified atom stereocenters. The van der Waals surface area contributed by atoms with Crippen LogP contribution in [-0.4, -0.2) is 0 Å². The van der Waals surface area contributed by atoms with Gasteiger partial charge in [0.05, 0.1) is 6.26 Å². The molecule has 0 fully saturated rings. The van der Waals surface area contributed by atoms with Gasteiger partial charge in [0.2, 0.25) is 0 Å². The summed E-state index contributed by atoms with van der Waals surface area (Å²) < 4.78 is 6.29. The van der Waals surface area contributed by atoms with Crippen molar-refractivity contribution in [3.63, 3.8) is 0 Å². The summed E-state index contributed by atoms with van der Waals surface area (Å²) in [4.78, 5) is 0. The fourth-order valence-corrected chi connectivity index (χ4v) is 6.11. The van der Waals surface area contributed by atoms with Crippen molar-refractivity contribution in [3.05, 3.63) is 134 Å². The maximum atomic E-state index is 6.29. The van der Waals surface area contributed by atoms with Gasteiger partial charge < -0.3 is 4.42 Å². The molecule has 1 heterocycles. The van der Waals surface area contributed by atoms with Gasteiger partial charge in [0, 0.05) is 21.9 Å². The molecule has 0 atom stereocenters. The third-order valence-corrected chi connectivity index (χ3v) is 7.72. The molecule has 0 amide bonds. The van der Waals surface area contributed by atoms with E-state index in [2.05, 4.69) is 127 Å². The van der Waals surface area contributed by atoms with Crippen molar-refractivity contribution in [2.75, 3.05) is 0 Å². The number of rotatable bonds is 2. The summed E-state index contributed by atoms with van der Waals surface area (Å²) in [7, 11) is 0. The second-order valence-electron chi connectivity index (χ2n) is 9.68. The van der Waals surface area contributed by atoms with E-state index in [0.717, 1.165) is 21.9 Å². The quantitative estimate of drug-likeness (QED) is 0.229. The molecular weight excluding hydrogens is 448 g/mol. The van der Waals surface area contributed by atoms with E-state index in [0.29, 0.717) is 0 Å². The molecule has 0 spiro atoms. The highest BCUT2D eigenvalue weighted by Crippen LogP contribution is 2.47. The lowest BCUT2D eigenvalue weighted by Crippen LogP contribution is -1.91. The van der Waals surface area contributed by atoms with E-state index in [4.69, 9.17) is 4.42 Å². The van der Waals surface area contributed by atoms with Gasteiger partial charge >= 0.3 is 0 Å². The Labute approximate surface area is 214 Å². The van der Waals surface area contributed by atoms with Crippen LogP contribution in [0.3, 0.4) is 0 Å². The second-order valence-corrected chi connectivity index (χ2v) is 9.68. The van der Waals surface area contributed by atoms with Crippen molar-refractivity contribution in [2.45, 2.75) is 0 Å². The van der Waals surface area contributed by atoms with E-state index in [1.807, 2.05) is 6.26 Å². The van der Waals surface area contributed by atoms with Crippen LogP contribution in [0.1, 0.15) is 0 Å². The zero-order valence-electron chi connectivity index (χ0n) is 20.1. The Bertz CT molecular complexity index is 2080. The van der Waals surface area contributed by atoms with Crippen molar-refractivity contribution in [1.82, 2.24) is 0 Å². The highest BCUT2D eigenvalue weighted by molar-refractivity contribution is 6.25. The van der Waals surface area contributed by atoms with Crippen LogP contribution in [0.4, 0.5) is 0 Å². The normalized spacial score (nSPS) is 11.8. The van der Waals surface area contributed by atoms with E-state index in [1.54, 1.807) is 0 Å². The first-order valence-electron chi connectivity index (χ1n) is 12.7. The first-order valence-corrected chi connectivity index (χ1v) is 12.7. The number of fused-ring (bicyclic) bond motifs is 6. The Hall–Kier alpha value is -4.88. The van der Waals surface area contributed by atoms with Gasteiger partial charge in [-0.15, -0.1) is 0 Å². The van der Waals surface area contributed by atoms with E-state index >= 15 is 0 Å². The fraction of sp³-hybridized carbons (Fsp3) is 0. The van der Waals surface area contributed by atoms with Gasteiger partial charge in [0.25, 0.3) is 0 Å². The first-order chi connectivity index (χ1) is 18.4.